The van der Waals surface area contributed by atoms with Crippen LogP contribution in [0.4, 0.5) is 4.79 Å². The van der Waals surface area contributed by atoms with Crippen molar-refractivity contribution in [3.8, 4) is 0 Å². The van der Waals surface area contributed by atoms with E-state index in [0.29, 0.717) is 19.4 Å². The molecule has 0 radical (unpaired) electrons. The summed E-state index contributed by atoms with van der Waals surface area (Å²) < 4.78 is 0. The Hall–Kier alpha value is -3.51. The van der Waals surface area contributed by atoms with Gasteiger partial charge in [0.25, 0.3) is 5.91 Å². The monoisotopic (exact) mass is 482 g/mol. The van der Waals surface area contributed by atoms with Gasteiger partial charge >= 0.3 is 6.03 Å². The lowest BCUT2D eigenvalue weighted by Crippen LogP contribution is -2.56. The zero-order valence-electron chi connectivity index (χ0n) is 21.4. The summed E-state index contributed by atoms with van der Waals surface area (Å²) in [5.74, 6) is -0.0869. The van der Waals surface area contributed by atoms with Crippen LogP contribution in [-0.2, 0) is 24.4 Å². The fraction of sp³-hybridized carbons (Fsp3) is 0.367. The van der Waals surface area contributed by atoms with E-state index in [4.69, 9.17) is 0 Å². The smallest absolute Gasteiger partial charge is 0.305 e. The molecule has 2 aliphatic heterocycles. The molecule has 2 aromatic carbocycles. The van der Waals surface area contributed by atoms with E-state index in [9.17, 15) is 9.59 Å². The number of benzene rings is 2. The van der Waals surface area contributed by atoms with Gasteiger partial charge in [-0.2, -0.15) is 0 Å². The number of urea groups is 1. The molecular formula is C30H34N4O2. The zero-order chi connectivity index (χ0) is 25.3. The van der Waals surface area contributed by atoms with Gasteiger partial charge < -0.3 is 4.90 Å². The fourth-order valence-electron chi connectivity index (χ4n) is 5.56. The van der Waals surface area contributed by atoms with Crippen molar-refractivity contribution in [3.63, 3.8) is 0 Å². The first-order valence-electron chi connectivity index (χ1n) is 12.7. The number of carbonyl (C=O) groups excluding carboxylic acids is 2. The van der Waals surface area contributed by atoms with Crippen molar-refractivity contribution in [2.45, 2.75) is 58.8 Å². The molecule has 0 N–H and O–H groups in total. The Kier molecular flexibility index (Phi) is 6.63. The van der Waals surface area contributed by atoms with Gasteiger partial charge in [0.15, 0.2) is 0 Å². The van der Waals surface area contributed by atoms with Crippen molar-refractivity contribution >= 4 is 11.9 Å². The second-order valence-electron chi connectivity index (χ2n) is 10.2. The van der Waals surface area contributed by atoms with E-state index in [-0.39, 0.29) is 18.5 Å². The maximum absolute atomic E-state index is 13.9. The van der Waals surface area contributed by atoms with E-state index in [1.807, 2.05) is 53.4 Å². The Morgan fingerprint density at radius 1 is 0.806 bits per heavy atom. The van der Waals surface area contributed by atoms with Crippen molar-refractivity contribution in [1.29, 1.82) is 0 Å². The van der Waals surface area contributed by atoms with Gasteiger partial charge in [-0.3, -0.25) is 19.6 Å². The van der Waals surface area contributed by atoms with Crippen molar-refractivity contribution in [3.05, 3.63) is 100 Å². The molecule has 0 unspecified atom stereocenters. The van der Waals surface area contributed by atoms with Gasteiger partial charge in [0.1, 0.15) is 5.54 Å². The van der Waals surface area contributed by atoms with Crippen molar-refractivity contribution < 1.29 is 9.59 Å². The van der Waals surface area contributed by atoms with Crippen LogP contribution >= 0.6 is 0 Å². The summed E-state index contributed by atoms with van der Waals surface area (Å²) in [4.78, 5) is 37.6. The number of amides is 3. The van der Waals surface area contributed by atoms with Crippen LogP contribution in [0, 0.1) is 20.8 Å². The number of hydrogen-bond donors (Lipinski definition) is 0. The number of aromatic nitrogens is 1. The van der Waals surface area contributed by atoms with Crippen molar-refractivity contribution in [2.75, 3.05) is 13.1 Å². The minimum absolute atomic E-state index is 0.0869. The fourth-order valence-corrected chi connectivity index (χ4v) is 5.56. The summed E-state index contributed by atoms with van der Waals surface area (Å²) in [6.07, 6.45) is 2.96. The molecular weight excluding hydrogens is 448 g/mol. The average Bonchev–Trinajstić information content (AvgIpc) is 3.06. The first-order valence-corrected chi connectivity index (χ1v) is 12.7. The Labute approximate surface area is 213 Å². The van der Waals surface area contributed by atoms with Gasteiger partial charge in [-0.1, -0.05) is 48.5 Å². The van der Waals surface area contributed by atoms with E-state index in [0.717, 1.165) is 30.9 Å². The Balaban J connectivity index is 1.38. The molecule has 0 saturated carbocycles. The van der Waals surface area contributed by atoms with Gasteiger partial charge in [-0.05, 0) is 73.6 Å². The predicted octanol–water partition coefficient (Wildman–Crippen LogP) is 5.01. The molecule has 1 spiro atoms. The summed E-state index contributed by atoms with van der Waals surface area (Å²) in [5.41, 5.74) is 6.20. The third-order valence-electron chi connectivity index (χ3n) is 7.88. The maximum Gasteiger partial charge on any atom is 0.328 e. The van der Waals surface area contributed by atoms with Gasteiger partial charge in [-0.15, -0.1) is 0 Å². The SMILES string of the molecule is Cc1cc(C)c(CN2CCC3(CC2)C(=O)N(Cc2ccccn2)C(=O)N3Cc2ccccc2)cc1C. The number of pyridine rings is 1. The number of likely N-dealkylation sites (tertiary alicyclic amines) is 1. The first-order chi connectivity index (χ1) is 17.4. The maximum atomic E-state index is 13.9. The third kappa shape index (κ3) is 4.53. The summed E-state index contributed by atoms with van der Waals surface area (Å²) in [6.45, 7) is 9.52. The molecule has 6 heteroatoms. The van der Waals surface area contributed by atoms with Crippen LogP contribution in [0.3, 0.4) is 0 Å². The quantitative estimate of drug-likeness (QED) is 0.464. The lowest BCUT2D eigenvalue weighted by molar-refractivity contribution is -0.136. The van der Waals surface area contributed by atoms with Crippen LogP contribution in [0.5, 0.6) is 0 Å². The minimum atomic E-state index is -0.809. The third-order valence-corrected chi connectivity index (χ3v) is 7.88. The lowest BCUT2D eigenvalue weighted by atomic mass is 9.85. The molecule has 1 aromatic heterocycles. The van der Waals surface area contributed by atoms with E-state index in [2.05, 4.69) is 42.8 Å². The van der Waals surface area contributed by atoms with E-state index in [1.54, 1.807) is 6.20 Å². The molecule has 0 aliphatic carbocycles. The molecule has 0 atom stereocenters. The van der Waals surface area contributed by atoms with Gasteiger partial charge in [0.05, 0.1) is 12.2 Å². The van der Waals surface area contributed by atoms with Gasteiger partial charge in [0, 0.05) is 32.4 Å². The number of piperidine rings is 1. The van der Waals surface area contributed by atoms with Crippen LogP contribution in [0.15, 0.2) is 66.9 Å². The van der Waals surface area contributed by atoms with E-state index >= 15 is 0 Å². The normalized spacial score (nSPS) is 17.9. The predicted molar refractivity (Wildman–Crippen MR) is 140 cm³/mol. The Morgan fingerprint density at radius 3 is 2.19 bits per heavy atom. The van der Waals surface area contributed by atoms with Crippen LogP contribution < -0.4 is 0 Å². The number of aryl methyl sites for hydroxylation is 3. The van der Waals surface area contributed by atoms with Crippen LogP contribution in [0.1, 0.15) is 46.4 Å². The molecule has 3 heterocycles. The highest BCUT2D eigenvalue weighted by atomic mass is 16.2. The van der Waals surface area contributed by atoms with Crippen LogP contribution in [-0.4, -0.2) is 50.3 Å². The molecule has 6 nitrogen and oxygen atoms in total. The molecule has 3 amide bonds. The summed E-state index contributed by atoms with van der Waals surface area (Å²) in [7, 11) is 0. The highest BCUT2D eigenvalue weighted by Gasteiger charge is 2.57. The van der Waals surface area contributed by atoms with Crippen LogP contribution in [0.25, 0.3) is 0 Å². The highest BCUT2D eigenvalue weighted by Crippen LogP contribution is 2.39. The standard InChI is InChI=1S/C30H34N4O2/c1-22-17-24(3)26(18-23(22)2)20-32-15-12-30(13-16-32)28(35)33(21-27-11-7-8-14-31-27)29(36)34(30)19-25-9-5-4-6-10-25/h4-11,14,17-18H,12-13,15-16,19-21H2,1-3H3. The Morgan fingerprint density at radius 2 is 1.50 bits per heavy atom. The van der Waals surface area contributed by atoms with Crippen LogP contribution in [0.2, 0.25) is 0 Å². The van der Waals surface area contributed by atoms with E-state index < -0.39 is 5.54 Å². The highest BCUT2D eigenvalue weighted by molar-refractivity contribution is 6.07. The first kappa shape index (κ1) is 24.2. The van der Waals surface area contributed by atoms with Gasteiger partial charge in [-0.25, -0.2) is 4.79 Å². The zero-order valence-corrected chi connectivity index (χ0v) is 21.4. The van der Waals surface area contributed by atoms with Gasteiger partial charge in [0.2, 0.25) is 0 Å². The molecule has 2 saturated heterocycles. The van der Waals surface area contributed by atoms with E-state index in [1.165, 1.54) is 27.2 Å². The molecule has 186 valence electrons. The number of hydrogen-bond acceptors (Lipinski definition) is 4. The van der Waals surface area contributed by atoms with Crippen molar-refractivity contribution in [2.24, 2.45) is 0 Å². The number of rotatable bonds is 6. The molecule has 3 aromatic rings. The molecule has 2 fully saturated rings. The molecule has 36 heavy (non-hydrogen) atoms. The Bertz CT molecular complexity index is 1250. The summed E-state index contributed by atoms with van der Waals surface area (Å²) in [6, 6.07) is 19.9. The average molecular weight is 483 g/mol. The summed E-state index contributed by atoms with van der Waals surface area (Å²) >= 11 is 0. The summed E-state index contributed by atoms with van der Waals surface area (Å²) in [5, 5.41) is 0. The second kappa shape index (κ2) is 9.86. The largest absolute Gasteiger partial charge is 0.328 e. The number of carbonyl (C=O) groups is 2. The second-order valence-corrected chi connectivity index (χ2v) is 10.2. The number of imide groups is 1. The molecule has 2 aliphatic rings. The lowest BCUT2D eigenvalue weighted by Gasteiger charge is -2.42. The van der Waals surface area contributed by atoms with Crippen molar-refractivity contribution in [1.82, 2.24) is 19.7 Å². The topological polar surface area (TPSA) is 56.8 Å². The minimum Gasteiger partial charge on any atom is -0.305 e. The number of nitrogens with zero attached hydrogens (tertiary/aromatic N) is 4. The molecule has 5 rings (SSSR count). The molecule has 0 bridgehead atoms.